The number of H-pyrrole nitrogens is 1. The zero-order valence-corrected chi connectivity index (χ0v) is 15.4. The number of fused-ring (bicyclic) bond motifs is 1. The van der Waals surface area contributed by atoms with Gasteiger partial charge in [0.15, 0.2) is 0 Å². The van der Waals surface area contributed by atoms with E-state index in [2.05, 4.69) is 28.9 Å². The summed E-state index contributed by atoms with van der Waals surface area (Å²) in [6.07, 6.45) is 0. The minimum atomic E-state index is 0.353. The van der Waals surface area contributed by atoms with Crippen molar-refractivity contribution in [2.45, 2.75) is 13.8 Å². The molecular formula is C21H24N2O3. The van der Waals surface area contributed by atoms with Crippen LogP contribution in [-0.2, 0) is 4.74 Å². The van der Waals surface area contributed by atoms with E-state index in [-0.39, 0.29) is 0 Å². The summed E-state index contributed by atoms with van der Waals surface area (Å²) in [6, 6.07) is 10.2. The van der Waals surface area contributed by atoms with E-state index in [0.29, 0.717) is 19.0 Å². The van der Waals surface area contributed by atoms with Crippen LogP contribution in [0.4, 0.5) is 5.69 Å². The predicted molar refractivity (Wildman–Crippen MR) is 104 cm³/mol. The zero-order chi connectivity index (χ0) is 18.3. The first-order valence-corrected chi connectivity index (χ1v) is 8.91. The van der Waals surface area contributed by atoms with Gasteiger partial charge in [0.05, 0.1) is 26.0 Å². The van der Waals surface area contributed by atoms with Crippen molar-refractivity contribution in [3.05, 3.63) is 41.5 Å². The van der Waals surface area contributed by atoms with Gasteiger partial charge in [-0.2, -0.15) is 0 Å². The highest BCUT2D eigenvalue weighted by atomic mass is 16.5. The third kappa shape index (κ3) is 2.78. The van der Waals surface area contributed by atoms with E-state index in [4.69, 9.17) is 9.47 Å². The Balaban J connectivity index is 1.84. The van der Waals surface area contributed by atoms with Crippen LogP contribution in [0.5, 0.6) is 11.5 Å². The number of nitrogens with zero attached hydrogens (tertiary/aromatic N) is 1. The van der Waals surface area contributed by atoms with Gasteiger partial charge in [-0.05, 0) is 55.3 Å². The van der Waals surface area contributed by atoms with E-state index < -0.39 is 0 Å². The Hall–Kier alpha value is -2.66. The monoisotopic (exact) mass is 352 g/mol. The smallest absolute Gasteiger partial charge is 0.141 e. The molecule has 0 radical (unpaired) electrons. The average Bonchev–Trinajstić information content (AvgIpc) is 3.00. The number of aryl methyl sites for hydroxylation is 2. The second-order valence-corrected chi connectivity index (χ2v) is 6.80. The van der Waals surface area contributed by atoms with Gasteiger partial charge in [-0.3, -0.25) is 0 Å². The quantitative estimate of drug-likeness (QED) is 0.748. The molecule has 2 aromatic carbocycles. The Morgan fingerprint density at radius 1 is 1.12 bits per heavy atom. The third-order valence-electron chi connectivity index (χ3n) is 5.19. The Morgan fingerprint density at radius 2 is 1.88 bits per heavy atom. The number of hydrogen-bond acceptors (Lipinski definition) is 4. The zero-order valence-electron chi connectivity index (χ0n) is 15.4. The van der Waals surface area contributed by atoms with Crippen molar-refractivity contribution in [3.63, 3.8) is 0 Å². The number of phenolic OH excluding ortho intramolecular Hbond substituents is 1. The van der Waals surface area contributed by atoms with Crippen LogP contribution in [0.2, 0.25) is 0 Å². The number of methoxy groups -OCH3 is 1. The molecule has 1 aromatic heterocycles. The predicted octanol–water partition coefficient (Wildman–Crippen LogP) is 4.00. The summed E-state index contributed by atoms with van der Waals surface area (Å²) >= 11 is 0. The number of morpholine rings is 1. The molecule has 0 saturated carbocycles. The van der Waals surface area contributed by atoms with Crippen molar-refractivity contribution < 1.29 is 14.6 Å². The van der Waals surface area contributed by atoms with E-state index in [0.717, 1.165) is 52.3 Å². The molecular weight excluding hydrogens is 328 g/mol. The lowest BCUT2D eigenvalue weighted by Crippen LogP contribution is -2.36. The number of hydrogen-bond donors (Lipinski definition) is 2. The van der Waals surface area contributed by atoms with Gasteiger partial charge in [0.1, 0.15) is 11.5 Å². The number of aromatic hydroxyl groups is 1. The normalized spacial score (nSPS) is 14.8. The first kappa shape index (κ1) is 16.8. The van der Waals surface area contributed by atoms with E-state index in [9.17, 15) is 5.11 Å². The van der Waals surface area contributed by atoms with Crippen LogP contribution in [0.15, 0.2) is 30.3 Å². The van der Waals surface area contributed by atoms with E-state index in [1.165, 1.54) is 5.56 Å². The van der Waals surface area contributed by atoms with Crippen LogP contribution < -0.4 is 9.64 Å². The fraction of sp³-hybridized carbons (Fsp3) is 0.333. The van der Waals surface area contributed by atoms with E-state index >= 15 is 0 Å². The van der Waals surface area contributed by atoms with E-state index in [1.807, 2.05) is 25.1 Å². The SMILES string of the molecule is COc1ccc2[nH]c(-c3cc(C)c(O)c(N4CCOCC4)c3)c(C)c2c1. The molecule has 26 heavy (non-hydrogen) atoms. The summed E-state index contributed by atoms with van der Waals surface area (Å²) < 4.78 is 10.8. The van der Waals surface area contributed by atoms with Gasteiger partial charge in [-0.25, -0.2) is 0 Å². The third-order valence-corrected chi connectivity index (χ3v) is 5.19. The summed E-state index contributed by atoms with van der Waals surface area (Å²) in [7, 11) is 1.68. The molecule has 0 spiro atoms. The van der Waals surface area contributed by atoms with Crippen LogP contribution in [0.25, 0.3) is 22.2 Å². The van der Waals surface area contributed by atoms with Gasteiger partial charge < -0.3 is 24.5 Å². The number of anilines is 1. The fourth-order valence-corrected chi connectivity index (χ4v) is 3.67. The number of benzene rings is 2. The first-order chi connectivity index (χ1) is 12.6. The van der Waals surface area contributed by atoms with Crippen molar-refractivity contribution in [2.75, 3.05) is 38.3 Å². The summed E-state index contributed by atoms with van der Waals surface area (Å²) in [5.41, 5.74) is 6.16. The molecule has 1 fully saturated rings. The lowest BCUT2D eigenvalue weighted by molar-refractivity contribution is 0.122. The molecule has 5 heteroatoms. The van der Waals surface area contributed by atoms with Gasteiger partial charge in [-0.1, -0.05) is 0 Å². The highest BCUT2D eigenvalue weighted by molar-refractivity contribution is 5.92. The summed E-state index contributed by atoms with van der Waals surface area (Å²) in [6.45, 7) is 7.02. The van der Waals surface area contributed by atoms with E-state index in [1.54, 1.807) is 7.11 Å². The van der Waals surface area contributed by atoms with Gasteiger partial charge in [0.25, 0.3) is 0 Å². The van der Waals surface area contributed by atoms with Gasteiger partial charge in [-0.15, -0.1) is 0 Å². The Bertz CT molecular complexity index is 956. The molecule has 0 bridgehead atoms. The van der Waals surface area contributed by atoms with Crippen molar-refractivity contribution in [1.82, 2.24) is 4.98 Å². The molecule has 3 aromatic rings. The van der Waals surface area contributed by atoms with Crippen molar-refractivity contribution >= 4 is 16.6 Å². The van der Waals surface area contributed by atoms with Crippen LogP contribution in [0, 0.1) is 13.8 Å². The maximum Gasteiger partial charge on any atom is 0.141 e. The number of ether oxygens (including phenoxy) is 2. The molecule has 1 aliphatic heterocycles. The second kappa shape index (κ2) is 6.57. The largest absolute Gasteiger partial charge is 0.505 e. The van der Waals surface area contributed by atoms with Crippen LogP contribution in [0.3, 0.4) is 0 Å². The molecule has 0 amide bonds. The van der Waals surface area contributed by atoms with Gasteiger partial charge in [0, 0.05) is 35.2 Å². The fourth-order valence-electron chi connectivity index (χ4n) is 3.67. The summed E-state index contributed by atoms with van der Waals surface area (Å²) in [5, 5.41) is 11.7. The van der Waals surface area contributed by atoms with Gasteiger partial charge >= 0.3 is 0 Å². The Morgan fingerprint density at radius 3 is 2.62 bits per heavy atom. The number of aromatic amines is 1. The Kier molecular flexibility index (Phi) is 4.24. The summed E-state index contributed by atoms with van der Waals surface area (Å²) in [5.74, 6) is 1.20. The molecule has 0 aliphatic carbocycles. The van der Waals surface area contributed by atoms with Crippen LogP contribution in [0.1, 0.15) is 11.1 Å². The average molecular weight is 352 g/mol. The number of aromatic nitrogens is 1. The van der Waals surface area contributed by atoms with Gasteiger partial charge in [0.2, 0.25) is 0 Å². The van der Waals surface area contributed by atoms with Crippen molar-refractivity contribution in [1.29, 1.82) is 0 Å². The standard InChI is InChI=1S/C21H24N2O3/c1-13-10-15(11-19(21(13)24)23-6-8-26-9-7-23)20-14(2)17-12-16(25-3)4-5-18(17)22-20/h4-5,10-12,22,24H,6-9H2,1-3H3. The minimum Gasteiger partial charge on any atom is -0.505 e. The van der Waals surface area contributed by atoms with Crippen LogP contribution >= 0.6 is 0 Å². The van der Waals surface area contributed by atoms with Crippen molar-refractivity contribution in [2.24, 2.45) is 0 Å². The Labute approximate surface area is 153 Å². The number of phenols is 1. The molecule has 5 nitrogen and oxygen atoms in total. The molecule has 2 N–H and O–H groups in total. The summed E-state index contributed by atoms with van der Waals surface area (Å²) in [4.78, 5) is 5.72. The minimum absolute atomic E-state index is 0.353. The molecule has 2 heterocycles. The number of rotatable bonds is 3. The highest BCUT2D eigenvalue weighted by Gasteiger charge is 2.19. The maximum atomic E-state index is 10.6. The lowest BCUT2D eigenvalue weighted by atomic mass is 10.0. The first-order valence-electron chi connectivity index (χ1n) is 8.91. The highest BCUT2D eigenvalue weighted by Crippen LogP contribution is 2.39. The second-order valence-electron chi connectivity index (χ2n) is 6.80. The molecule has 0 atom stereocenters. The maximum absolute atomic E-state index is 10.6. The van der Waals surface area contributed by atoms with Crippen molar-refractivity contribution in [3.8, 4) is 22.8 Å². The topological polar surface area (TPSA) is 57.7 Å². The molecule has 4 rings (SSSR count). The lowest BCUT2D eigenvalue weighted by Gasteiger charge is -2.30. The molecule has 136 valence electrons. The number of nitrogens with one attached hydrogen (secondary N) is 1. The molecule has 0 unspecified atom stereocenters. The molecule has 1 aliphatic rings. The molecule has 1 saturated heterocycles. The van der Waals surface area contributed by atoms with Crippen LogP contribution in [-0.4, -0.2) is 43.5 Å².